The first-order valence-electron chi connectivity index (χ1n) is 5.89. The Hall–Kier alpha value is -2.08. The number of aromatic nitrogens is 2. The molecule has 0 radical (unpaired) electrons. The lowest BCUT2D eigenvalue weighted by molar-refractivity contribution is 0.0588. The first-order valence-corrected chi connectivity index (χ1v) is 6.88. The van der Waals surface area contributed by atoms with Gasteiger partial charge in [-0.15, -0.1) is 0 Å². The second-order valence-corrected chi connectivity index (χ2v) is 4.80. The van der Waals surface area contributed by atoms with E-state index in [1.807, 2.05) is 24.3 Å². The predicted molar refractivity (Wildman–Crippen MR) is 75.9 cm³/mol. The topological polar surface area (TPSA) is 61.3 Å². The second kappa shape index (κ2) is 6.91. The highest BCUT2D eigenvalue weighted by Gasteiger charge is 2.14. The smallest absolute Gasteiger partial charge is 0.359 e. The molecule has 0 N–H and O–H groups in total. The third kappa shape index (κ3) is 3.48. The number of carbonyl (C=O) groups is 1. The molecule has 2 rings (SSSR count). The number of carbonyl (C=O) groups excluding carboxylic acids is 1. The van der Waals surface area contributed by atoms with Crippen molar-refractivity contribution in [2.45, 2.75) is 10.8 Å². The number of hydrogen-bond acceptors (Lipinski definition) is 6. The first kappa shape index (κ1) is 14.3. The van der Waals surface area contributed by atoms with Crippen molar-refractivity contribution < 1.29 is 14.3 Å². The first-order chi connectivity index (χ1) is 9.74. The summed E-state index contributed by atoms with van der Waals surface area (Å²) < 4.78 is 9.79. The van der Waals surface area contributed by atoms with Gasteiger partial charge in [0.2, 0.25) is 0 Å². The lowest BCUT2D eigenvalue weighted by Gasteiger charge is -2.06. The Balaban J connectivity index is 2.08. The van der Waals surface area contributed by atoms with Crippen LogP contribution >= 0.6 is 11.8 Å². The van der Waals surface area contributed by atoms with Crippen molar-refractivity contribution in [2.75, 3.05) is 14.2 Å². The van der Waals surface area contributed by atoms with Gasteiger partial charge in [-0.2, -0.15) is 0 Å². The molecule has 1 aromatic carbocycles. The molecule has 20 heavy (non-hydrogen) atoms. The third-order valence-corrected chi connectivity index (χ3v) is 3.63. The summed E-state index contributed by atoms with van der Waals surface area (Å²) in [4.78, 5) is 19.8. The molecule has 0 atom stereocenters. The maximum Gasteiger partial charge on any atom is 0.359 e. The molecule has 1 heterocycles. The molecule has 0 bridgehead atoms. The number of benzene rings is 1. The summed E-state index contributed by atoms with van der Waals surface area (Å²) in [5.74, 6) is 1.02. The van der Waals surface area contributed by atoms with Crippen molar-refractivity contribution in [3.63, 3.8) is 0 Å². The van der Waals surface area contributed by atoms with Crippen LogP contribution < -0.4 is 4.74 Å². The van der Waals surface area contributed by atoms with Gasteiger partial charge in [0.1, 0.15) is 10.8 Å². The molecule has 0 amide bonds. The summed E-state index contributed by atoms with van der Waals surface area (Å²) in [6.07, 6.45) is 3.03. The van der Waals surface area contributed by atoms with Gasteiger partial charge in [-0.05, 0) is 17.7 Å². The fourth-order valence-electron chi connectivity index (χ4n) is 1.54. The standard InChI is InChI=1S/C14H14N2O3S/c1-18-11-5-3-10(4-6-11)9-20-13-12(14(17)19-2)15-7-8-16-13/h3-8H,9H2,1-2H3. The maximum absolute atomic E-state index is 11.6. The average Bonchev–Trinajstić information content (AvgIpc) is 2.53. The largest absolute Gasteiger partial charge is 0.497 e. The second-order valence-electron chi connectivity index (χ2n) is 3.84. The van der Waals surface area contributed by atoms with E-state index < -0.39 is 5.97 Å². The molecule has 1 aromatic heterocycles. The summed E-state index contributed by atoms with van der Waals surface area (Å²) in [5.41, 5.74) is 1.35. The van der Waals surface area contributed by atoms with Gasteiger partial charge in [0.25, 0.3) is 0 Å². The minimum absolute atomic E-state index is 0.244. The molecule has 0 aliphatic heterocycles. The zero-order valence-electron chi connectivity index (χ0n) is 11.2. The fourth-order valence-corrected chi connectivity index (χ4v) is 2.45. The Kier molecular flexibility index (Phi) is 4.95. The van der Waals surface area contributed by atoms with E-state index >= 15 is 0 Å². The summed E-state index contributed by atoms with van der Waals surface area (Å²) in [6.45, 7) is 0. The zero-order valence-corrected chi connectivity index (χ0v) is 12.0. The number of nitrogens with zero attached hydrogens (tertiary/aromatic N) is 2. The van der Waals surface area contributed by atoms with E-state index in [0.29, 0.717) is 10.8 Å². The van der Waals surface area contributed by atoms with E-state index in [4.69, 9.17) is 4.74 Å². The van der Waals surface area contributed by atoms with Crippen LogP contribution in [0.3, 0.4) is 0 Å². The molecule has 2 aromatic rings. The minimum atomic E-state index is -0.477. The van der Waals surface area contributed by atoms with Gasteiger partial charge in [-0.25, -0.2) is 14.8 Å². The van der Waals surface area contributed by atoms with Gasteiger partial charge in [-0.3, -0.25) is 0 Å². The van der Waals surface area contributed by atoms with Gasteiger partial charge in [0, 0.05) is 18.1 Å². The van der Waals surface area contributed by atoms with Crippen molar-refractivity contribution >= 4 is 17.7 Å². The highest BCUT2D eigenvalue weighted by Crippen LogP contribution is 2.24. The number of methoxy groups -OCH3 is 2. The minimum Gasteiger partial charge on any atom is -0.497 e. The zero-order chi connectivity index (χ0) is 14.4. The predicted octanol–water partition coefficient (Wildman–Crippen LogP) is 2.56. The van der Waals surface area contributed by atoms with Crippen LogP contribution in [0.15, 0.2) is 41.7 Å². The molecule has 0 unspecified atom stereocenters. The van der Waals surface area contributed by atoms with E-state index in [1.54, 1.807) is 13.3 Å². The van der Waals surface area contributed by atoms with Crippen LogP contribution in [0.4, 0.5) is 0 Å². The molecule has 0 fully saturated rings. The molecule has 0 aliphatic rings. The Morgan fingerprint density at radius 2 is 1.85 bits per heavy atom. The summed E-state index contributed by atoms with van der Waals surface area (Å²) in [7, 11) is 2.96. The quantitative estimate of drug-likeness (QED) is 0.623. The van der Waals surface area contributed by atoms with Gasteiger partial charge in [0.05, 0.1) is 14.2 Å². The van der Waals surface area contributed by atoms with Gasteiger partial charge in [0.15, 0.2) is 5.69 Å². The van der Waals surface area contributed by atoms with Crippen LogP contribution in [-0.4, -0.2) is 30.2 Å². The van der Waals surface area contributed by atoms with Crippen molar-refractivity contribution in [3.8, 4) is 5.75 Å². The molecule has 104 valence electrons. The number of rotatable bonds is 5. The Morgan fingerprint density at radius 3 is 2.50 bits per heavy atom. The number of ether oxygens (including phenoxy) is 2. The van der Waals surface area contributed by atoms with E-state index in [2.05, 4.69) is 14.7 Å². The lowest BCUT2D eigenvalue weighted by Crippen LogP contribution is -2.07. The highest BCUT2D eigenvalue weighted by molar-refractivity contribution is 7.98. The van der Waals surface area contributed by atoms with Crippen LogP contribution in [0.25, 0.3) is 0 Å². The van der Waals surface area contributed by atoms with Crippen LogP contribution in [0.1, 0.15) is 16.1 Å². The molecule has 0 saturated carbocycles. The molecular formula is C14H14N2O3S. The Bertz CT molecular complexity index is 587. The lowest BCUT2D eigenvalue weighted by atomic mass is 10.2. The van der Waals surface area contributed by atoms with Crippen molar-refractivity contribution in [1.29, 1.82) is 0 Å². The maximum atomic E-state index is 11.6. The molecule has 5 nitrogen and oxygen atoms in total. The summed E-state index contributed by atoms with van der Waals surface area (Å²) >= 11 is 1.44. The SMILES string of the molecule is COC(=O)c1nccnc1SCc1ccc(OC)cc1. The molecule has 0 spiro atoms. The van der Waals surface area contributed by atoms with Crippen LogP contribution in [0.5, 0.6) is 5.75 Å². The van der Waals surface area contributed by atoms with Crippen molar-refractivity contribution in [3.05, 3.63) is 47.9 Å². The average molecular weight is 290 g/mol. The monoisotopic (exact) mass is 290 g/mol. The van der Waals surface area contributed by atoms with Crippen LogP contribution in [0, 0.1) is 0 Å². The van der Waals surface area contributed by atoms with Crippen molar-refractivity contribution in [2.24, 2.45) is 0 Å². The Labute approximate surface area is 121 Å². The van der Waals surface area contributed by atoms with Gasteiger partial charge >= 0.3 is 5.97 Å². The molecular weight excluding hydrogens is 276 g/mol. The summed E-state index contributed by atoms with van der Waals surface area (Å²) in [5, 5.41) is 0.565. The van der Waals surface area contributed by atoms with E-state index in [1.165, 1.54) is 25.1 Å². The highest BCUT2D eigenvalue weighted by atomic mass is 32.2. The van der Waals surface area contributed by atoms with E-state index in [0.717, 1.165) is 11.3 Å². The fraction of sp³-hybridized carbons (Fsp3) is 0.214. The normalized spacial score (nSPS) is 10.1. The molecule has 6 heteroatoms. The van der Waals surface area contributed by atoms with Crippen molar-refractivity contribution in [1.82, 2.24) is 9.97 Å². The number of esters is 1. The summed E-state index contributed by atoms with van der Waals surface area (Å²) in [6, 6.07) is 7.74. The number of hydrogen-bond donors (Lipinski definition) is 0. The van der Waals surface area contributed by atoms with Gasteiger partial charge < -0.3 is 9.47 Å². The van der Waals surface area contributed by atoms with E-state index in [9.17, 15) is 4.79 Å². The van der Waals surface area contributed by atoms with Crippen LogP contribution in [-0.2, 0) is 10.5 Å². The molecule has 0 saturated heterocycles. The third-order valence-electron chi connectivity index (χ3n) is 2.58. The number of thioether (sulfide) groups is 1. The van der Waals surface area contributed by atoms with Crippen LogP contribution in [0.2, 0.25) is 0 Å². The Morgan fingerprint density at radius 1 is 1.15 bits per heavy atom. The van der Waals surface area contributed by atoms with Gasteiger partial charge in [-0.1, -0.05) is 23.9 Å². The van der Waals surface area contributed by atoms with E-state index in [-0.39, 0.29) is 5.69 Å². The molecule has 0 aliphatic carbocycles.